The van der Waals surface area contributed by atoms with Crippen molar-refractivity contribution < 1.29 is 9.18 Å². The summed E-state index contributed by atoms with van der Waals surface area (Å²) in [4.78, 5) is 21.4. The van der Waals surface area contributed by atoms with E-state index in [4.69, 9.17) is 4.98 Å². The van der Waals surface area contributed by atoms with Gasteiger partial charge >= 0.3 is 0 Å². The van der Waals surface area contributed by atoms with E-state index in [9.17, 15) is 9.18 Å². The minimum atomic E-state index is -0.273. The number of nitrogens with zero attached hydrogens (tertiary/aromatic N) is 2. The zero-order valence-corrected chi connectivity index (χ0v) is 15.5. The number of carbonyl (C=O) groups excluding carboxylic acids is 1. The highest BCUT2D eigenvalue weighted by atomic mass is 19.1. The van der Waals surface area contributed by atoms with E-state index in [1.54, 1.807) is 18.3 Å². The molecule has 1 aromatic heterocycles. The van der Waals surface area contributed by atoms with Crippen LogP contribution in [0.25, 0.3) is 11.3 Å². The van der Waals surface area contributed by atoms with Gasteiger partial charge in [-0.05, 0) is 42.5 Å². The van der Waals surface area contributed by atoms with Gasteiger partial charge in [0.15, 0.2) is 5.82 Å². The number of carbonyl (C=O) groups is 1. The molecule has 3 rings (SSSR count). The molecule has 1 aromatic carbocycles. The predicted octanol–water partition coefficient (Wildman–Crippen LogP) is 5.00. The molecule has 1 fully saturated rings. The highest BCUT2D eigenvalue weighted by molar-refractivity contribution is 5.90. The van der Waals surface area contributed by atoms with Crippen LogP contribution < -0.4 is 5.32 Å². The van der Waals surface area contributed by atoms with Crippen molar-refractivity contribution >= 4 is 11.7 Å². The predicted molar refractivity (Wildman–Crippen MR) is 101 cm³/mol. The third kappa shape index (κ3) is 4.87. The van der Waals surface area contributed by atoms with E-state index in [-0.39, 0.29) is 11.7 Å². The van der Waals surface area contributed by atoms with E-state index in [0.29, 0.717) is 29.8 Å². The lowest BCUT2D eigenvalue weighted by atomic mass is 10.0. The SMILES string of the molecule is CC(C)CC(=O)Nc1ncc(-c2ccc(F)cc2)nc1CC1CCCC1. The molecule has 1 saturated carbocycles. The van der Waals surface area contributed by atoms with E-state index in [0.717, 1.165) is 17.7 Å². The molecule has 5 heteroatoms. The van der Waals surface area contributed by atoms with Crippen molar-refractivity contribution in [3.8, 4) is 11.3 Å². The van der Waals surface area contributed by atoms with Gasteiger partial charge in [-0.3, -0.25) is 4.79 Å². The molecule has 0 bridgehead atoms. The van der Waals surface area contributed by atoms with Gasteiger partial charge < -0.3 is 5.32 Å². The van der Waals surface area contributed by atoms with E-state index in [1.165, 1.54) is 37.8 Å². The van der Waals surface area contributed by atoms with Gasteiger partial charge in [0, 0.05) is 12.0 Å². The maximum absolute atomic E-state index is 13.2. The Morgan fingerprint density at radius 1 is 1.23 bits per heavy atom. The standard InChI is InChI=1S/C21H26FN3O/c1-14(2)11-20(26)25-21-18(12-15-5-3-4-6-15)24-19(13-23-21)16-7-9-17(22)10-8-16/h7-10,13-15H,3-6,11-12H2,1-2H3,(H,23,25,26). The third-order valence-corrected chi connectivity index (χ3v) is 4.79. The fourth-order valence-corrected chi connectivity index (χ4v) is 3.48. The average molecular weight is 355 g/mol. The smallest absolute Gasteiger partial charge is 0.225 e. The Morgan fingerprint density at radius 3 is 2.58 bits per heavy atom. The molecule has 0 radical (unpaired) electrons. The molecule has 138 valence electrons. The fraction of sp³-hybridized carbons (Fsp3) is 0.476. The number of benzene rings is 1. The summed E-state index contributed by atoms with van der Waals surface area (Å²) in [6.45, 7) is 4.03. The van der Waals surface area contributed by atoms with Crippen LogP contribution in [0.3, 0.4) is 0 Å². The van der Waals surface area contributed by atoms with Crippen LogP contribution in [-0.2, 0) is 11.2 Å². The number of aromatic nitrogens is 2. The second kappa shape index (κ2) is 8.39. The number of hydrogen-bond acceptors (Lipinski definition) is 3. The minimum Gasteiger partial charge on any atom is -0.309 e. The Kier molecular flexibility index (Phi) is 5.96. The van der Waals surface area contributed by atoms with Gasteiger partial charge in [-0.25, -0.2) is 14.4 Å². The largest absolute Gasteiger partial charge is 0.309 e. The maximum Gasteiger partial charge on any atom is 0.225 e. The maximum atomic E-state index is 13.2. The Bertz CT molecular complexity index is 752. The van der Waals surface area contributed by atoms with Crippen LogP contribution in [0.1, 0.15) is 51.6 Å². The Balaban J connectivity index is 1.87. The number of halogens is 1. The summed E-state index contributed by atoms with van der Waals surface area (Å²) in [5, 5.41) is 2.93. The summed E-state index contributed by atoms with van der Waals surface area (Å²) >= 11 is 0. The van der Waals surface area contributed by atoms with Crippen LogP contribution >= 0.6 is 0 Å². The van der Waals surface area contributed by atoms with Gasteiger partial charge in [0.1, 0.15) is 5.82 Å². The van der Waals surface area contributed by atoms with Gasteiger partial charge in [-0.1, -0.05) is 39.5 Å². The first-order valence-corrected chi connectivity index (χ1v) is 9.43. The molecule has 2 aromatic rings. The van der Waals surface area contributed by atoms with Gasteiger partial charge in [0.25, 0.3) is 0 Å². The average Bonchev–Trinajstić information content (AvgIpc) is 3.09. The monoisotopic (exact) mass is 355 g/mol. The van der Waals surface area contributed by atoms with Crippen molar-refractivity contribution in [2.75, 3.05) is 5.32 Å². The summed E-state index contributed by atoms with van der Waals surface area (Å²) < 4.78 is 13.2. The van der Waals surface area contributed by atoms with Crippen LogP contribution in [0.15, 0.2) is 30.5 Å². The molecule has 1 aliphatic rings. The molecule has 1 amide bonds. The van der Waals surface area contributed by atoms with Crippen LogP contribution in [0, 0.1) is 17.7 Å². The van der Waals surface area contributed by atoms with Crippen molar-refractivity contribution in [2.45, 2.75) is 52.4 Å². The summed E-state index contributed by atoms with van der Waals surface area (Å²) in [6.07, 6.45) is 7.83. The lowest BCUT2D eigenvalue weighted by molar-refractivity contribution is -0.116. The minimum absolute atomic E-state index is 0.0310. The van der Waals surface area contributed by atoms with Crippen LogP contribution in [0.4, 0.5) is 10.2 Å². The molecule has 0 spiro atoms. The Morgan fingerprint density at radius 2 is 1.92 bits per heavy atom. The number of nitrogens with one attached hydrogen (secondary N) is 1. The molecular weight excluding hydrogens is 329 g/mol. The molecule has 1 aliphatic carbocycles. The van der Waals surface area contributed by atoms with Crippen molar-refractivity contribution in [2.24, 2.45) is 11.8 Å². The van der Waals surface area contributed by atoms with Crippen LogP contribution in [-0.4, -0.2) is 15.9 Å². The van der Waals surface area contributed by atoms with E-state index in [1.807, 2.05) is 13.8 Å². The topological polar surface area (TPSA) is 54.9 Å². The number of amides is 1. The molecule has 4 nitrogen and oxygen atoms in total. The fourth-order valence-electron chi connectivity index (χ4n) is 3.48. The Hall–Kier alpha value is -2.30. The number of hydrogen-bond donors (Lipinski definition) is 1. The van der Waals surface area contributed by atoms with E-state index >= 15 is 0 Å². The molecule has 1 heterocycles. The quantitative estimate of drug-likeness (QED) is 0.793. The normalized spacial score (nSPS) is 14.8. The van der Waals surface area contributed by atoms with Gasteiger partial charge in [-0.2, -0.15) is 0 Å². The van der Waals surface area contributed by atoms with Gasteiger partial charge in [-0.15, -0.1) is 0 Å². The summed E-state index contributed by atoms with van der Waals surface area (Å²) in [5.74, 6) is 1.14. The zero-order valence-electron chi connectivity index (χ0n) is 15.5. The molecular formula is C21H26FN3O. The first-order chi connectivity index (χ1) is 12.5. The molecule has 0 unspecified atom stereocenters. The molecule has 0 aliphatic heterocycles. The highest BCUT2D eigenvalue weighted by Crippen LogP contribution is 2.30. The first kappa shape index (κ1) is 18.5. The van der Waals surface area contributed by atoms with Crippen molar-refractivity contribution in [1.29, 1.82) is 0 Å². The Labute approximate surface area is 154 Å². The molecule has 26 heavy (non-hydrogen) atoms. The van der Waals surface area contributed by atoms with Crippen molar-refractivity contribution in [3.63, 3.8) is 0 Å². The van der Waals surface area contributed by atoms with Crippen molar-refractivity contribution in [3.05, 3.63) is 42.0 Å². The molecule has 0 atom stereocenters. The number of anilines is 1. The highest BCUT2D eigenvalue weighted by Gasteiger charge is 2.20. The number of rotatable bonds is 6. The van der Waals surface area contributed by atoms with E-state index < -0.39 is 0 Å². The second-order valence-corrected chi connectivity index (χ2v) is 7.56. The van der Waals surface area contributed by atoms with E-state index in [2.05, 4.69) is 10.3 Å². The second-order valence-electron chi connectivity index (χ2n) is 7.56. The van der Waals surface area contributed by atoms with Crippen LogP contribution in [0.2, 0.25) is 0 Å². The van der Waals surface area contributed by atoms with Gasteiger partial charge in [0.05, 0.1) is 17.6 Å². The van der Waals surface area contributed by atoms with Gasteiger partial charge in [0.2, 0.25) is 5.91 Å². The summed E-state index contributed by atoms with van der Waals surface area (Å²) in [5.41, 5.74) is 2.36. The third-order valence-electron chi connectivity index (χ3n) is 4.79. The zero-order chi connectivity index (χ0) is 18.5. The lowest BCUT2D eigenvalue weighted by Gasteiger charge is -2.15. The van der Waals surface area contributed by atoms with Crippen molar-refractivity contribution in [1.82, 2.24) is 9.97 Å². The summed E-state index contributed by atoms with van der Waals surface area (Å²) in [7, 11) is 0. The molecule has 0 saturated heterocycles. The molecule has 1 N–H and O–H groups in total. The lowest BCUT2D eigenvalue weighted by Crippen LogP contribution is -2.18. The van der Waals surface area contributed by atoms with Crippen LogP contribution in [0.5, 0.6) is 0 Å². The summed E-state index contributed by atoms with van der Waals surface area (Å²) in [6, 6.07) is 6.25. The first-order valence-electron chi connectivity index (χ1n) is 9.43.